The lowest BCUT2D eigenvalue weighted by Gasteiger charge is -2.44. The predicted octanol–water partition coefficient (Wildman–Crippen LogP) is 3.31. The number of hydrogen-bond acceptors (Lipinski definition) is 3. The second kappa shape index (κ2) is 5.98. The molecule has 2 aliphatic rings. The molecule has 21 heavy (non-hydrogen) atoms. The summed E-state index contributed by atoms with van der Waals surface area (Å²) in [6, 6.07) is 6.41. The quantitative estimate of drug-likeness (QED) is 0.926. The second-order valence-electron chi connectivity index (χ2n) is 6.71. The van der Waals surface area contributed by atoms with Crippen molar-refractivity contribution in [1.29, 1.82) is 0 Å². The number of benzene rings is 1. The van der Waals surface area contributed by atoms with Crippen LogP contribution in [0.3, 0.4) is 0 Å². The molecule has 1 saturated carbocycles. The lowest BCUT2D eigenvalue weighted by atomic mass is 9.70. The number of ether oxygens (including phenoxy) is 1. The molecule has 0 amide bonds. The van der Waals surface area contributed by atoms with E-state index in [1.807, 2.05) is 6.92 Å². The summed E-state index contributed by atoms with van der Waals surface area (Å²) in [7, 11) is 2.15. The molecule has 0 radical (unpaired) electrons. The fourth-order valence-electron chi connectivity index (χ4n) is 4.05. The van der Waals surface area contributed by atoms with Gasteiger partial charge in [-0.1, -0.05) is 25.3 Å². The summed E-state index contributed by atoms with van der Waals surface area (Å²) in [5.41, 5.74) is 2.13. The van der Waals surface area contributed by atoms with Crippen molar-refractivity contribution in [3.8, 4) is 5.75 Å². The maximum Gasteiger partial charge on any atom is 0.119 e. The van der Waals surface area contributed by atoms with Crippen molar-refractivity contribution >= 4 is 0 Å². The normalized spacial score (nSPS) is 25.4. The zero-order valence-corrected chi connectivity index (χ0v) is 13.3. The Labute approximate surface area is 127 Å². The van der Waals surface area contributed by atoms with Crippen molar-refractivity contribution in [2.24, 2.45) is 0 Å². The van der Waals surface area contributed by atoms with Crippen LogP contribution in [0.15, 0.2) is 18.2 Å². The highest BCUT2D eigenvalue weighted by Gasteiger charge is 2.41. The number of likely N-dealkylation sites (N-methyl/N-ethyl adjacent to an activating group) is 1. The molecule has 0 aromatic heterocycles. The molecule has 3 heteroatoms. The summed E-state index contributed by atoms with van der Waals surface area (Å²) in [6.45, 7) is 4.61. The Kier molecular flexibility index (Phi) is 4.23. The molecule has 1 aromatic rings. The maximum absolute atomic E-state index is 11.2. The summed E-state index contributed by atoms with van der Waals surface area (Å²) >= 11 is 0. The molecule has 3 nitrogen and oxygen atoms in total. The van der Waals surface area contributed by atoms with Crippen LogP contribution in [0.25, 0.3) is 0 Å². The van der Waals surface area contributed by atoms with Gasteiger partial charge in [-0.15, -0.1) is 0 Å². The number of fused-ring (bicyclic) bond motifs is 1. The topological polar surface area (TPSA) is 32.7 Å². The first kappa shape index (κ1) is 14.9. The summed E-state index contributed by atoms with van der Waals surface area (Å²) < 4.78 is 5.63. The maximum atomic E-state index is 11.2. The van der Waals surface area contributed by atoms with Crippen LogP contribution in [0.2, 0.25) is 0 Å². The molecule has 1 atom stereocenters. The van der Waals surface area contributed by atoms with Gasteiger partial charge in [0, 0.05) is 19.0 Å². The molecule has 1 heterocycles. The molecule has 1 aliphatic heterocycles. The van der Waals surface area contributed by atoms with Gasteiger partial charge in [-0.05, 0) is 50.1 Å². The third kappa shape index (κ3) is 2.95. The van der Waals surface area contributed by atoms with Gasteiger partial charge in [-0.2, -0.15) is 0 Å². The minimum atomic E-state index is -0.519. The van der Waals surface area contributed by atoms with E-state index in [1.165, 1.54) is 17.5 Å². The highest BCUT2D eigenvalue weighted by Crippen LogP contribution is 2.44. The average molecular weight is 289 g/mol. The predicted molar refractivity (Wildman–Crippen MR) is 84.7 cm³/mol. The second-order valence-corrected chi connectivity index (χ2v) is 6.71. The van der Waals surface area contributed by atoms with Crippen molar-refractivity contribution in [3.05, 3.63) is 29.3 Å². The smallest absolute Gasteiger partial charge is 0.119 e. The van der Waals surface area contributed by atoms with Gasteiger partial charge in [0.2, 0.25) is 0 Å². The van der Waals surface area contributed by atoms with Crippen LogP contribution in [-0.4, -0.2) is 35.8 Å². The van der Waals surface area contributed by atoms with E-state index < -0.39 is 5.60 Å². The fraction of sp³-hybridized carbons (Fsp3) is 0.667. The molecular formula is C18H27NO2. The first-order valence-corrected chi connectivity index (χ1v) is 8.29. The van der Waals surface area contributed by atoms with Gasteiger partial charge in [-0.3, -0.25) is 0 Å². The number of rotatable bonds is 3. The van der Waals surface area contributed by atoms with Crippen LogP contribution in [0, 0.1) is 0 Å². The standard InChI is InChI=1S/C18H27NO2/c1-3-21-15-7-8-16-14(11-15)12-19(2)13-17(16)18(20)9-5-4-6-10-18/h7-8,11,17,20H,3-6,9-10,12-13H2,1-2H3. The zero-order chi connectivity index (χ0) is 14.9. The molecule has 3 rings (SSSR count). The van der Waals surface area contributed by atoms with Crippen molar-refractivity contribution < 1.29 is 9.84 Å². The Balaban J connectivity index is 1.93. The molecule has 0 spiro atoms. The van der Waals surface area contributed by atoms with E-state index in [-0.39, 0.29) is 5.92 Å². The Hall–Kier alpha value is -1.06. The van der Waals surface area contributed by atoms with Gasteiger partial charge < -0.3 is 14.7 Å². The minimum absolute atomic E-state index is 0.238. The largest absolute Gasteiger partial charge is 0.494 e. The number of hydrogen-bond donors (Lipinski definition) is 1. The monoisotopic (exact) mass is 289 g/mol. The van der Waals surface area contributed by atoms with Gasteiger partial charge in [0.25, 0.3) is 0 Å². The van der Waals surface area contributed by atoms with Crippen LogP contribution in [0.4, 0.5) is 0 Å². The molecular weight excluding hydrogens is 262 g/mol. The average Bonchev–Trinajstić information content (AvgIpc) is 2.47. The highest BCUT2D eigenvalue weighted by atomic mass is 16.5. The van der Waals surface area contributed by atoms with Crippen LogP contribution in [0.5, 0.6) is 5.75 Å². The van der Waals surface area contributed by atoms with Crippen LogP contribution in [-0.2, 0) is 6.54 Å². The van der Waals surface area contributed by atoms with Crippen molar-refractivity contribution in [3.63, 3.8) is 0 Å². The minimum Gasteiger partial charge on any atom is -0.494 e. The SMILES string of the molecule is CCOc1ccc2c(c1)CN(C)CC2C1(O)CCCCC1. The van der Waals surface area contributed by atoms with Crippen LogP contribution in [0.1, 0.15) is 56.1 Å². The highest BCUT2D eigenvalue weighted by molar-refractivity contribution is 5.41. The third-order valence-electron chi connectivity index (χ3n) is 5.10. The van der Waals surface area contributed by atoms with Crippen molar-refractivity contribution in [2.45, 2.75) is 57.1 Å². The van der Waals surface area contributed by atoms with Crippen molar-refractivity contribution in [1.82, 2.24) is 4.90 Å². The van der Waals surface area contributed by atoms with E-state index in [1.54, 1.807) is 0 Å². The molecule has 1 fully saturated rings. The Morgan fingerprint density at radius 2 is 2.05 bits per heavy atom. The first-order valence-electron chi connectivity index (χ1n) is 8.29. The first-order chi connectivity index (χ1) is 10.1. The summed E-state index contributed by atoms with van der Waals surface area (Å²) in [6.07, 6.45) is 5.46. The summed E-state index contributed by atoms with van der Waals surface area (Å²) in [5, 5.41) is 11.2. The van der Waals surface area contributed by atoms with Gasteiger partial charge in [0.1, 0.15) is 5.75 Å². The molecule has 1 aliphatic carbocycles. The van der Waals surface area contributed by atoms with E-state index in [9.17, 15) is 5.11 Å². The van der Waals surface area contributed by atoms with Gasteiger partial charge in [0.15, 0.2) is 0 Å². The lowest BCUT2D eigenvalue weighted by molar-refractivity contribution is -0.0333. The van der Waals surface area contributed by atoms with Crippen molar-refractivity contribution in [2.75, 3.05) is 20.2 Å². The van der Waals surface area contributed by atoms with E-state index in [4.69, 9.17) is 4.74 Å². The third-order valence-corrected chi connectivity index (χ3v) is 5.10. The number of aliphatic hydroxyl groups is 1. The molecule has 0 bridgehead atoms. The fourth-order valence-corrected chi connectivity index (χ4v) is 4.05. The van der Waals surface area contributed by atoms with Gasteiger partial charge >= 0.3 is 0 Å². The summed E-state index contributed by atoms with van der Waals surface area (Å²) in [5.74, 6) is 1.18. The number of nitrogens with zero attached hydrogens (tertiary/aromatic N) is 1. The zero-order valence-electron chi connectivity index (χ0n) is 13.3. The lowest BCUT2D eigenvalue weighted by Crippen LogP contribution is -2.46. The molecule has 1 N–H and O–H groups in total. The molecule has 0 saturated heterocycles. The molecule has 116 valence electrons. The van der Waals surface area contributed by atoms with E-state index in [2.05, 4.69) is 30.1 Å². The Bertz CT molecular complexity index is 494. The van der Waals surface area contributed by atoms with E-state index in [0.29, 0.717) is 6.61 Å². The van der Waals surface area contributed by atoms with Gasteiger partial charge in [-0.25, -0.2) is 0 Å². The van der Waals surface area contributed by atoms with E-state index in [0.717, 1.165) is 44.5 Å². The molecule has 1 aromatic carbocycles. The van der Waals surface area contributed by atoms with Gasteiger partial charge in [0.05, 0.1) is 12.2 Å². The summed E-state index contributed by atoms with van der Waals surface area (Å²) in [4.78, 5) is 2.33. The Morgan fingerprint density at radius 1 is 1.29 bits per heavy atom. The Morgan fingerprint density at radius 3 is 2.76 bits per heavy atom. The van der Waals surface area contributed by atoms with Crippen LogP contribution >= 0.6 is 0 Å². The van der Waals surface area contributed by atoms with E-state index >= 15 is 0 Å². The molecule has 1 unspecified atom stereocenters. The van der Waals surface area contributed by atoms with Crippen LogP contribution < -0.4 is 4.74 Å².